The highest BCUT2D eigenvalue weighted by atomic mass is 16.6. The normalized spacial score (nSPS) is 15.0. The minimum Gasteiger partial charge on any atom is -0.493 e. The average molecular weight is 473 g/mol. The monoisotopic (exact) mass is 473 g/mol. The van der Waals surface area contributed by atoms with E-state index in [0.717, 1.165) is 5.56 Å². The van der Waals surface area contributed by atoms with Crippen LogP contribution in [0.2, 0.25) is 0 Å². The number of para-hydroxylation sites is 1. The molecule has 2 amide bonds. The zero-order valence-corrected chi connectivity index (χ0v) is 18.9. The molecule has 0 saturated carbocycles. The summed E-state index contributed by atoms with van der Waals surface area (Å²) in [6.45, 7) is 0.409. The van der Waals surface area contributed by atoms with E-state index in [2.05, 4.69) is 20.6 Å². The number of anilines is 2. The lowest BCUT2D eigenvalue weighted by Gasteiger charge is -2.24. The third-order valence-corrected chi connectivity index (χ3v) is 5.42. The minimum absolute atomic E-state index is 0.0400. The number of primary amides is 1. The van der Waals surface area contributed by atoms with E-state index in [4.69, 9.17) is 15.2 Å². The summed E-state index contributed by atoms with van der Waals surface area (Å²) in [5.74, 6) is 0.142. The van der Waals surface area contributed by atoms with Gasteiger partial charge in [0.15, 0.2) is 11.5 Å². The van der Waals surface area contributed by atoms with Gasteiger partial charge in [-0.15, -0.1) is 0 Å². The second-order valence-corrected chi connectivity index (χ2v) is 7.52. The summed E-state index contributed by atoms with van der Waals surface area (Å²) in [4.78, 5) is 44.7. The summed E-state index contributed by atoms with van der Waals surface area (Å²) in [5, 5.41) is 17.4. The molecule has 2 heterocycles. The molecule has 2 aromatic rings. The summed E-state index contributed by atoms with van der Waals surface area (Å²) >= 11 is 0. The zero-order chi connectivity index (χ0) is 24.7. The molecule has 1 aliphatic heterocycles. The van der Waals surface area contributed by atoms with Crippen molar-refractivity contribution < 1.29 is 24.0 Å². The third kappa shape index (κ3) is 5.42. The lowest BCUT2D eigenvalue weighted by atomic mass is 10.1. The lowest BCUT2D eigenvalue weighted by molar-refractivity contribution is -0.383. The standard InChI is InChI=1S/C21H27N7O6/c1-33-15-7-3-5-13(18(15)34-2)8-9-23-19-17(28(31)32)20(26-12-25-19)27-10-4-6-14(27)21(30)24-11-16(22)29/h3,5,7,12,14H,4,6,8-11H2,1-2H3,(H2,22,29)(H,24,30)(H,23,25,26). The summed E-state index contributed by atoms with van der Waals surface area (Å²) in [6, 6.07) is 4.78. The van der Waals surface area contributed by atoms with E-state index in [1.54, 1.807) is 25.2 Å². The molecular formula is C21H27N7O6. The number of amides is 2. The first-order valence-corrected chi connectivity index (χ1v) is 10.6. The van der Waals surface area contributed by atoms with E-state index in [1.807, 2.05) is 12.1 Å². The van der Waals surface area contributed by atoms with Crippen molar-refractivity contribution >= 4 is 29.1 Å². The maximum Gasteiger partial charge on any atom is 0.353 e. The highest BCUT2D eigenvalue weighted by molar-refractivity contribution is 5.90. The maximum atomic E-state index is 12.5. The van der Waals surface area contributed by atoms with E-state index >= 15 is 0 Å². The molecule has 1 aromatic carbocycles. The van der Waals surface area contributed by atoms with Gasteiger partial charge >= 0.3 is 5.69 Å². The molecule has 1 aliphatic rings. The number of nitrogens with two attached hydrogens (primary N) is 1. The Morgan fingerprint density at radius 3 is 2.76 bits per heavy atom. The number of ether oxygens (including phenoxy) is 2. The number of hydrogen-bond donors (Lipinski definition) is 3. The molecule has 13 nitrogen and oxygen atoms in total. The van der Waals surface area contributed by atoms with Crippen LogP contribution >= 0.6 is 0 Å². The van der Waals surface area contributed by atoms with Gasteiger partial charge in [-0.3, -0.25) is 19.7 Å². The van der Waals surface area contributed by atoms with Crippen LogP contribution in [-0.2, 0) is 16.0 Å². The number of nitro groups is 1. The van der Waals surface area contributed by atoms with Gasteiger partial charge in [0.1, 0.15) is 12.4 Å². The van der Waals surface area contributed by atoms with Gasteiger partial charge in [0.25, 0.3) is 0 Å². The molecule has 13 heteroatoms. The summed E-state index contributed by atoms with van der Waals surface area (Å²) in [5.41, 5.74) is 5.63. The molecule has 182 valence electrons. The average Bonchev–Trinajstić information content (AvgIpc) is 3.31. The van der Waals surface area contributed by atoms with Crippen LogP contribution in [0.25, 0.3) is 0 Å². The Kier molecular flexibility index (Phi) is 8.01. The lowest BCUT2D eigenvalue weighted by Crippen LogP contribution is -2.46. The fourth-order valence-corrected chi connectivity index (χ4v) is 3.93. The van der Waals surface area contributed by atoms with Crippen molar-refractivity contribution in [2.45, 2.75) is 25.3 Å². The SMILES string of the molecule is COc1cccc(CCNc2ncnc(N3CCCC3C(=O)NCC(N)=O)c2[N+](=O)[O-])c1OC. The molecule has 1 aromatic heterocycles. The number of carbonyl (C=O) groups is 2. The molecular weight excluding hydrogens is 446 g/mol. The minimum atomic E-state index is -0.707. The molecule has 4 N–H and O–H groups in total. The van der Waals surface area contributed by atoms with Crippen LogP contribution < -0.4 is 30.7 Å². The number of hydrogen-bond acceptors (Lipinski definition) is 10. The van der Waals surface area contributed by atoms with Crippen LogP contribution in [0, 0.1) is 10.1 Å². The van der Waals surface area contributed by atoms with E-state index in [0.29, 0.717) is 43.9 Å². The fourth-order valence-electron chi connectivity index (χ4n) is 3.93. The van der Waals surface area contributed by atoms with Crippen molar-refractivity contribution in [2.75, 3.05) is 44.1 Å². The zero-order valence-electron chi connectivity index (χ0n) is 18.9. The van der Waals surface area contributed by atoms with Gasteiger partial charge in [0, 0.05) is 13.1 Å². The quantitative estimate of drug-likeness (QED) is 0.310. The Morgan fingerprint density at radius 1 is 1.29 bits per heavy atom. The highest BCUT2D eigenvalue weighted by Gasteiger charge is 2.37. The van der Waals surface area contributed by atoms with Crippen molar-refractivity contribution in [3.8, 4) is 11.5 Å². The molecule has 1 saturated heterocycles. The smallest absolute Gasteiger partial charge is 0.353 e. The molecule has 1 fully saturated rings. The van der Waals surface area contributed by atoms with Crippen LogP contribution in [0.5, 0.6) is 11.5 Å². The van der Waals surface area contributed by atoms with Gasteiger partial charge in [-0.05, 0) is 30.9 Å². The number of aromatic nitrogens is 2. The molecule has 0 spiro atoms. The highest BCUT2D eigenvalue weighted by Crippen LogP contribution is 2.36. The first kappa shape index (κ1) is 24.5. The Bertz CT molecular complexity index is 1060. The van der Waals surface area contributed by atoms with E-state index in [1.165, 1.54) is 6.33 Å². The Hall–Kier alpha value is -4.16. The summed E-state index contributed by atoms with van der Waals surface area (Å²) in [7, 11) is 3.09. The second kappa shape index (κ2) is 11.1. The van der Waals surface area contributed by atoms with Gasteiger partial charge in [0.05, 0.1) is 25.7 Å². The number of methoxy groups -OCH3 is 2. The van der Waals surface area contributed by atoms with Crippen molar-refractivity contribution in [1.82, 2.24) is 15.3 Å². The Balaban J connectivity index is 1.80. The van der Waals surface area contributed by atoms with E-state index < -0.39 is 22.8 Å². The largest absolute Gasteiger partial charge is 0.493 e. The Labute approximate surface area is 195 Å². The van der Waals surface area contributed by atoms with E-state index in [-0.39, 0.29) is 23.9 Å². The van der Waals surface area contributed by atoms with E-state index in [9.17, 15) is 19.7 Å². The maximum absolute atomic E-state index is 12.5. The summed E-state index contributed by atoms with van der Waals surface area (Å²) in [6.07, 6.45) is 2.80. The van der Waals surface area contributed by atoms with Crippen molar-refractivity contribution in [2.24, 2.45) is 5.73 Å². The first-order valence-electron chi connectivity index (χ1n) is 10.6. The molecule has 1 atom stereocenters. The predicted molar refractivity (Wildman–Crippen MR) is 123 cm³/mol. The number of rotatable bonds is 11. The molecule has 0 bridgehead atoms. The number of nitrogens with one attached hydrogen (secondary N) is 2. The van der Waals surface area contributed by atoms with Crippen LogP contribution in [0.4, 0.5) is 17.3 Å². The second-order valence-electron chi connectivity index (χ2n) is 7.52. The van der Waals surface area contributed by atoms with Crippen LogP contribution in [-0.4, -0.2) is 66.6 Å². The molecule has 1 unspecified atom stereocenters. The molecule has 3 rings (SSSR count). The molecule has 34 heavy (non-hydrogen) atoms. The van der Waals surface area contributed by atoms with Crippen molar-refractivity contribution in [3.05, 3.63) is 40.2 Å². The van der Waals surface area contributed by atoms with Gasteiger partial charge in [0.2, 0.25) is 23.5 Å². The first-order chi connectivity index (χ1) is 16.4. The van der Waals surface area contributed by atoms with Crippen LogP contribution in [0.3, 0.4) is 0 Å². The fraction of sp³-hybridized carbons (Fsp3) is 0.429. The molecule has 0 aliphatic carbocycles. The Morgan fingerprint density at radius 2 is 2.09 bits per heavy atom. The molecule has 0 radical (unpaired) electrons. The third-order valence-electron chi connectivity index (χ3n) is 5.42. The van der Waals surface area contributed by atoms with Crippen LogP contribution in [0.15, 0.2) is 24.5 Å². The van der Waals surface area contributed by atoms with Gasteiger partial charge in [-0.2, -0.15) is 0 Å². The number of benzene rings is 1. The van der Waals surface area contributed by atoms with Gasteiger partial charge in [-0.1, -0.05) is 12.1 Å². The van der Waals surface area contributed by atoms with Gasteiger partial charge < -0.3 is 30.7 Å². The summed E-state index contributed by atoms with van der Waals surface area (Å²) < 4.78 is 10.7. The van der Waals surface area contributed by atoms with Crippen molar-refractivity contribution in [1.29, 1.82) is 0 Å². The van der Waals surface area contributed by atoms with Crippen LogP contribution in [0.1, 0.15) is 18.4 Å². The topological polar surface area (TPSA) is 175 Å². The van der Waals surface area contributed by atoms with Crippen molar-refractivity contribution in [3.63, 3.8) is 0 Å². The van der Waals surface area contributed by atoms with Gasteiger partial charge in [-0.25, -0.2) is 9.97 Å². The number of carbonyl (C=O) groups excluding carboxylic acids is 2. The predicted octanol–water partition coefficient (Wildman–Crippen LogP) is 0.627. The number of nitrogens with zero attached hydrogens (tertiary/aromatic N) is 4.